The van der Waals surface area contributed by atoms with Gasteiger partial charge in [-0.15, -0.1) is 0 Å². The second kappa shape index (κ2) is 8.45. The molecule has 24 heavy (non-hydrogen) atoms. The number of hydrogen-bond donors (Lipinski definition) is 1. The molecule has 2 aromatic carbocycles. The molecule has 2 aromatic rings. The minimum absolute atomic E-state index is 0.125. The van der Waals surface area contributed by atoms with Crippen LogP contribution in [0.1, 0.15) is 12.0 Å². The van der Waals surface area contributed by atoms with Crippen LogP contribution in [0.15, 0.2) is 36.4 Å². The van der Waals surface area contributed by atoms with E-state index in [1.807, 2.05) is 24.3 Å². The van der Waals surface area contributed by atoms with E-state index >= 15 is 0 Å². The summed E-state index contributed by atoms with van der Waals surface area (Å²) in [7, 11) is 4.65. The zero-order valence-corrected chi connectivity index (χ0v) is 14.6. The van der Waals surface area contributed by atoms with Gasteiger partial charge in [0.05, 0.1) is 32.0 Å². The lowest BCUT2D eigenvalue weighted by Crippen LogP contribution is -2.13. The molecular weight excluding hydrogens is 330 g/mol. The second-order valence-electron chi connectivity index (χ2n) is 5.09. The maximum absolute atomic E-state index is 12.2. The topological polar surface area (TPSA) is 56.8 Å². The Hall–Kier alpha value is -2.40. The molecule has 2 rings (SSSR count). The fourth-order valence-corrected chi connectivity index (χ4v) is 2.49. The molecule has 0 bridgehead atoms. The van der Waals surface area contributed by atoms with Crippen molar-refractivity contribution >= 4 is 23.2 Å². The maximum atomic E-state index is 12.2. The molecule has 0 heterocycles. The minimum Gasteiger partial charge on any atom is -0.497 e. The minimum atomic E-state index is -0.125. The average molecular weight is 350 g/mol. The van der Waals surface area contributed by atoms with Crippen molar-refractivity contribution in [2.45, 2.75) is 12.8 Å². The van der Waals surface area contributed by atoms with Gasteiger partial charge in [-0.1, -0.05) is 23.7 Å². The highest BCUT2D eigenvalue weighted by Crippen LogP contribution is 2.35. The van der Waals surface area contributed by atoms with Crippen molar-refractivity contribution in [2.24, 2.45) is 0 Å². The van der Waals surface area contributed by atoms with Gasteiger partial charge in [0.15, 0.2) is 0 Å². The quantitative estimate of drug-likeness (QED) is 0.822. The van der Waals surface area contributed by atoms with Gasteiger partial charge in [-0.25, -0.2) is 0 Å². The number of halogens is 1. The van der Waals surface area contributed by atoms with E-state index in [-0.39, 0.29) is 5.91 Å². The fraction of sp³-hybridized carbons (Fsp3) is 0.278. The molecule has 0 aliphatic heterocycles. The van der Waals surface area contributed by atoms with E-state index in [0.717, 1.165) is 11.3 Å². The lowest BCUT2D eigenvalue weighted by Gasteiger charge is -2.13. The normalized spacial score (nSPS) is 10.2. The van der Waals surface area contributed by atoms with Gasteiger partial charge in [0, 0.05) is 18.6 Å². The number of amides is 1. The Kier molecular flexibility index (Phi) is 6.32. The number of carbonyl (C=O) groups is 1. The largest absolute Gasteiger partial charge is 0.497 e. The van der Waals surface area contributed by atoms with E-state index in [9.17, 15) is 4.79 Å². The van der Waals surface area contributed by atoms with Crippen LogP contribution in [0.3, 0.4) is 0 Å². The lowest BCUT2D eigenvalue weighted by molar-refractivity contribution is -0.116. The molecule has 0 unspecified atom stereocenters. The molecule has 0 aliphatic carbocycles. The fourth-order valence-electron chi connectivity index (χ4n) is 2.26. The number of carbonyl (C=O) groups excluding carboxylic acids is 1. The van der Waals surface area contributed by atoms with Gasteiger partial charge in [-0.05, 0) is 24.1 Å². The lowest BCUT2D eigenvalue weighted by atomic mass is 10.1. The summed E-state index contributed by atoms with van der Waals surface area (Å²) in [5.41, 5.74) is 1.56. The van der Waals surface area contributed by atoms with Gasteiger partial charge >= 0.3 is 0 Å². The molecule has 0 atom stereocenters. The van der Waals surface area contributed by atoms with Gasteiger partial charge in [0.1, 0.15) is 17.2 Å². The standard InChI is InChI=1S/C18H20ClNO4/c1-22-13-6-4-5-12(9-13)7-8-18(21)20-15-11-16(23-2)14(19)10-17(15)24-3/h4-6,9-11H,7-8H2,1-3H3,(H,20,21). The van der Waals surface area contributed by atoms with E-state index in [2.05, 4.69) is 5.32 Å². The van der Waals surface area contributed by atoms with Crippen LogP contribution in [-0.4, -0.2) is 27.2 Å². The number of benzene rings is 2. The zero-order valence-electron chi connectivity index (χ0n) is 13.9. The first kappa shape index (κ1) is 17.9. The SMILES string of the molecule is COc1cccc(CCC(=O)Nc2cc(OC)c(Cl)cc2OC)c1. The van der Waals surface area contributed by atoms with Gasteiger partial charge in [-0.3, -0.25) is 4.79 Å². The highest BCUT2D eigenvalue weighted by atomic mass is 35.5. The number of hydrogen-bond acceptors (Lipinski definition) is 4. The highest BCUT2D eigenvalue weighted by Gasteiger charge is 2.12. The van der Waals surface area contributed by atoms with Crippen LogP contribution in [0.2, 0.25) is 5.02 Å². The van der Waals surface area contributed by atoms with Crippen molar-refractivity contribution in [3.8, 4) is 17.2 Å². The Labute approximate surface area is 146 Å². The van der Waals surface area contributed by atoms with Crippen molar-refractivity contribution < 1.29 is 19.0 Å². The summed E-state index contributed by atoms with van der Waals surface area (Å²) in [6.45, 7) is 0. The summed E-state index contributed by atoms with van der Waals surface area (Å²) in [6, 6.07) is 10.9. The summed E-state index contributed by atoms with van der Waals surface area (Å²) >= 11 is 6.06. The van der Waals surface area contributed by atoms with Gasteiger partial charge in [0.25, 0.3) is 0 Å². The third-order valence-electron chi connectivity index (χ3n) is 3.52. The molecule has 1 amide bonds. The molecular formula is C18H20ClNO4. The predicted octanol–water partition coefficient (Wildman–Crippen LogP) is 3.94. The summed E-state index contributed by atoms with van der Waals surface area (Å²) < 4.78 is 15.6. The predicted molar refractivity (Wildman–Crippen MR) is 94.5 cm³/mol. The monoisotopic (exact) mass is 349 g/mol. The highest BCUT2D eigenvalue weighted by molar-refractivity contribution is 6.32. The Balaban J connectivity index is 2.04. The van der Waals surface area contributed by atoms with Crippen LogP contribution < -0.4 is 19.5 Å². The van der Waals surface area contributed by atoms with E-state index in [0.29, 0.717) is 35.1 Å². The summed E-state index contributed by atoms with van der Waals surface area (Å²) in [6.07, 6.45) is 0.942. The zero-order chi connectivity index (χ0) is 17.5. The molecule has 5 nitrogen and oxygen atoms in total. The molecule has 0 saturated carbocycles. The average Bonchev–Trinajstić information content (AvgIpc) is 2.61. The van der Waals surface area contributed by atoms with E-state index in [4.69, 9.17) is 25.8 Å². The number of nitrogens with one attached hydrogen (secondary N) is 1. The third kappa shape index (κ3) is 4.55. The van der Waals surface area contributed by atoms with Crippen molar-refractivity contribution in [3.63, 3.8) is 0 Å². The Bertz CT molecular complexity index is 718. The van der Waals surface area contributed by atoms with Crippen LogP contribution in [0.4, 0.5) is 5.69 Å². The molecule has 128 valence electrons. The van der Waals surface area contributed by atoms with Crippen molar-refractivity contribution in [1.29, 1.82) is 0 Å². The number of anilines is 1. The smallest absolute Gasteiger partial charge is 0.224 e. The van der Waals surface area contributed by atoms with Crippen LogP contribution in [0.25, 0.3) is 0 Å². The number of aryl methyl sites for hydroxylation is 1. The first-order chi connectivity index (χ1) is 11.6. The summed E-state index contributed by atoms with van der Waals surface area (Å²) in [5.74, 6) is 1.61. The number of methoxy groups -OCH3 is 3. The molecule has 6 heteroatoms. The van der Waals surface area contributed by atoms with Crippen molar-refractivity contribution in [1.82, 2.24) is 0 Å². The van der Waals surface area contributed by atoms with Crippen molar-refractivity contribution in [2.75, 3.05) is 26.6 Å². The van der Waals surface area contributed by atoms with Gasteiger partial charge in [0.2, 0.25) is 5.91 Å². The first-order valence-corrected chi connectivity index (χ1v) is 7.79. The van der Waals surface area contributed by atoms with Crippen LogP contribution >= 0.6 is 11.6 Å². The molecule has 0 aliphatic rings. The molecule has 0 aromatic heterocycles. The van der Waals surface area contributed by atoms with Gasteiger partial charge in [-0.2, -0.15) is 0 Å². The molecule has 0 radical (unpaired) electrons. The summed E-state index contributed by atoms with van der Waals surface area (Å²) in [5, 5.41) is 3.25. The molecule has 0 fully saturated rings. The number of rotatable bonds is 7. The second-order valence-corrected chi connectivity index (χ2v) is 5.49. The number of ether oxygens (including phenoxy) is 3. The molecule has 0 spiro atoms. The first-order valence-electron chi connectivity index (χ1n) is 7.41. The Morgan fingerprint density at radius 2 is 1.79 bits per heavy atom. The maximum Gasteiger partial charge on any atom is 0.224 e. The Morgan fingerprint density at radius 3 is 2.46 bits per heavy atom. The van der Waals surface area contributed by atoms with Gasteiger partial charge < -0.3 is 19.5 Å². The molecule has 1 N–H and O–H groups in total. The van der Waals surface area contributed by atoms with Crippen LogP contribution in [0.5, 0.6) is 17.2 Å². The van der Waals surface area contributed by atoms with Crippen molar-refractivity contribution in [3.05, 3.63) is 47.0 Å². The van der Waals surface area contributed by atoms with E-state index in [1.54, 1.807) is 19.2 Å². The Morgan fingerprint density at radius 1 is 1.04 bits per heavy atom. The third-order valence-corrected chi connectivity index (χ3v) is 3.82. The van der Waals surface area contributed by atoms with E-state index in [1.165, 1.54) is 14.2 Å². The molecule has 0 saturated heterocycles. The van der Waals surface area contributed by atoms with Crippen LogP contribution in [0, 0.1) is 0 Å². The summed E-state index contributed by atoms with van der Waals surface area (Å²) in [4.78, 5) is 12.2. The van der Waals surface area contributed by atoms with E-state index < -0.39 is 0 Å². The van der Waals surface area contributed by atoms with Crippen LogP contribution in [-0.2, 0) is 11.2 Å².